The van der Waals surface area contributed by atoms with Gasteiger partial charge in [-0.3, -0.25) is 0 Å². The number of hydrogen-bond donors (Lipinski definition) is 1. The molecule has 2 rings (SSSR count). The topological polar surface area (TPSA) is 24.9 Å². The Morgan fingerprint density at radius 2 is 1.87 bits per heavy atom. The van der Waals surface area contributed by atoms with Crippen LogP contribution in [0.4, 0.5) is 5.82 Å². The fourth-order valence-corrected chi connectivity index (χ4v) is 2.79. The molecule has 0 saturated carbocycles. The first-order valence-electron chi connectivity index (χ1n) is 8.68. The van der Waals surface area contributed by atoms with Gasteiger partial charge in [0.15, 0.2) is 0 Å². The lowest BCUT2D eigenvalue weighted by atomic mass is 9.94. The molecule has 0 radical (unpaired) electrons. The summed E-state index contributed by atoms with van der Waals surface area (Å²) in [7, 11) is 0. The lowest BCUT2D eigenvalue weighted by molar-refractivity contribution is 0.773. The number of unbranched alkanes of at least 4 members (excludes halogenated alkanes) is 1. The lowest BCUT2D eigenvalue weighted by Crippen LogP contribution is -2.15. The molecule has 0 amide bonds. The molecule has 23 heavy (non-hydrogen) atoms. The molecule has 0 aliphatic carbocycles. The Kier molecular flexibility index (Phi) is 6.86. The zero-order valence-corrected chi connectivity index (χ0v) is 14.5. The van der Waals surface area contributed by atoms with Crippen LogP contribution in [0.25, 0.3) is 0 Å². The molecule has 2 aromatic rings. The SMILES string of the molecule is CCC/C=C(\CCC)C(Nc1ncccc1C)c1ccccc1. The second kappa shape index (κ2) is 9.14. The van der Waals surface area contributed by atoms with E-state index in [2.05, 4.69) is 73.5 Å². The second-order valence-electron chi connectivity index (χ2n) is 5.97. The van der Waals surface area contributed by atoms with Crippen molar-refractivity contribution in [2.24, 2.45) is 0 Å². The fourth-order valence-electron chi connectivity index (χ4n) is 2.79. The van der Waals surface area contributed by atoms with Gasteiger partial charge in [-0.05, 0) is 42.5 Å². The first kappa shape index (κ1) is 17.3. The molecule has 1 aromatic heterocycles. The Balaban J connectivity index is 2.37. The summed E-state index contributed by atoms with van der Waals surface area (Å²) in [6.07, 6.45) is 8.83. The van der Waals surface area contributed by atoms with Crippen molar-refractivity contribution in [3.63, 3.8) is 0 Å². The van der Waals surface area contributed by atoms with Crippen LogP contribution in [-0.4, -0.2) is 4.98 Å². The highest BCUT2D eigenvalue weighted by molar-refractivity contribution is 5.48. The molecule has 0 saturated heterocycles. The van der Waals surface area contributed by atoms with E-state index in [1.807, 2.05) is 12.3 Å². The summed E-state index contributed by atoms with van der Waals surface area (Å²) in [6.45, 7) is 6.58. The summed E-state index contributed by atoms with van der Waals surface area (Å²) in [5.74, 6) is 0.972. The van der Waals surface area contributed by atoms with Gasteiger partial charge in [-0.25, -0.2) is 4.98 Å². The van der Waals surface area contributed by atoms with E-state index < -0.39 is 0 Å². The third-order valence-corrected chi connectivity index (χ3v) is 4.03. The van der Waals surface area contributed by atoms with E-state index in [1.54, 1.807) is 0 Å². The number of nitrogens with one attached hydrogen (secondary N) is 1. The van der Waals surface area contributed by atoms with Crippen LogP contribution in [0.2, 0.25) is 0 Å². The predicted molar refractivity (Wildman–Crippen MR) is 99.7 cm³/mol. The summed E-state index contributed by atoms with van der Waals surface area (Å²) in [6, 6.07) is 15.0. The average Bonchev–Trinajstić information content (AvgIpc) is 2.59. The normalized spacial score (nSPS) is 12.9. The van der Waals surface area contributed by atoms with E-state index in [0.29, 0.717) is 0 Å². The maximum absolute atomic E-state index is 4.53. The van der Waals surface area contributed by atoms with Crippen LogP contribution >= 0.6 is 0 Å². The van der Waals surface area contributed by atoms with E-state index in [9.17, 15) is 0 Å². The maximum Gasteiger partial charge on any atom is 0.129 e. The average molecular weight is 308 g/mol. The van der Waals surface area contributed by atoms with Gasteiger partial charge in [0.05, 0.1) is 6.04 Å². The van der Waals surface area contributed by atoms with Gasteiger partial charge in [0.25, 0.3) is 0 Å². The molecular weight excluding hydrogens is 280 g/mol. The number of pyridine rings is 1. The molecule has 0 aliphatic rings. The number of anilines is 1. The second-order valence-corrected chi connectivity index (χ2v) is 5.97. The van der Waals surface area contributed by atoms with Crippen molar-refractivity contribution in [3.05, 3.63) is 71.4 Å². The van der Waals surface area contributed by atoms with Gasteiger partial charge in [0, 0.05) is 6.20 Å². The van der Waals surface area contributed by atoms with Crippen LogP contribution in [0.15, 0.2) is 60.3 Å². The number of allylic oxidation sites excluding steroid dienone is 1. The number of hydrogen-bond acceptors (Lipinski definition) is 2. The smallest absolute Gasteiger partial charge is 0.129 e. The van der Waals surface area contributed by atoms with E-state index in [-0.39, 0.29) is 6.04 Å². The minimum absolute atomic E-state index is 0.191. The van der Waals surface area contributed by atoms with Crippen molar-refractivity contribution in [3.8, 4) is 0 Å². The zero-order valence-electron chi connectivity index (χ0n) is 14.5. The molecule has 0 fully saturated rings. The van der Waals surface area contributed by atoms with Crippen LogP contribution in [0.5, 0.6) is 0 Å². The highest BCUT2D eigenvalue weighted by atomic mass is 15.0. The van der Waals surface area contributed by atoms with Gasteiger partial charge >= 0.3 is 0 Å². The number of aryl methyl sites for hydroxylation is 1. The molecule has 0 spiro atoms. The summed E-state index contributed by atoms with van der Waals surface area (Å²) < 4.78 is 0. The monoisotopic (exact) mass is 308 g/mol. The zero-order chi connectivity index (χ0) is 16.5. The minimum atomic E-state index is 0.191. The highest BCUT2D eigenvalue weighted by Gasteiger charge is 2.17. The van der Waals surface area contributed by atoms with Gasteiger partial charge in [-0.15, -0.1) is 0 Å². The molecule has 2 nitrogen and oxygen atoms in total. The molecule has 1 aromatic carbocycles. The summed E-state index contributed by atoms with van der Waals surface area (Å²) in [5, 5.41) is 3.68. The van der Waals surface area contributed by atoms with Gasteiger partial charge in [-0.2, -0.15) is 0 Å². The maximum atomic E-state index is 4.53. The first-order valence-corrected chi connectivity index (χ1v) is 8.68. The van der Waals surface area contributed by atoms with Crippen molar-refractivity contribution < 1.29 is 0 Å². The van der Waals surface area contributed by atoms with Gasteiger partial charge < -0.3 is 5.32 Å². The quantitative estimate of drug-likeness (QED) is 0.599. The predicted octanol–water partition coefficient (Wildman–Crippen LogP) is 6.07. The standard InChI is InChI=1S/C21H28N2/c1-4-6-13-18(11-5-2)20(19-14-8-7-9-15-19)23-21-17(3)12-10-16-22-21/h7-10,12-16,20H,4-6,11H2,1-3H3,(H,22,23)/b18-13+. The Morgan fingerprint density at radius 1 is 1.09 bits per heavy atom. The van der Waals surface area contributed by atoms with Crippen molar-refractivity contribution in [1.82, 2.24) is 4.98 Å². The molecule has 1 atom stereocenters. The molecule has 0 bridgehead atoms. The van der Waals surface area contributed by atoms with Gasteiger partial charge in [-0.1, -0.05) is 69.2 Å². The van der Waals surface area contributed by atoms with E-state index in [0.717, 1.165) is 25.1 Å². The molecular formula is C21H28N2. The number of rotatable bonds is 8. The van der Waals surface area contributed by atoms with E-state index in [4.69, 9.17) is 0 Å². The number of benzene rings is 1. The highest BCUT2D eigenvalue weighted by Crippen LogP contribution is 2.30. The number of nitrogens with zero attached hydrogens (tertiary/aromatic N) is 1. The summed E-state index contributed by atoms with van der Waals surface area (Å²) in [5.41, 5.74) is 3.94. The Bertz CT molecular complexity index is 617. The Labute approximate surface area is 140 Å². The molecule has 1 N–H and O–H groups in total. The van der Waals surface area contributed by atoms with Crippen molar-refractivity contribution >= 4 is 5.82 Å². The molecule has 2 heteroatoms. The van der Waals surface area contributed by atoms with Crippen molar-refractivity contribution in [2.75, 3.05) is 5.32 Å². The Morgan fingerprint density at radius 3 is 2.52 bits per heavy atom. The van der Waals surface area contributed by atoms with Crippen LogP contribution in [0.1, 0.15) is 56.7 Å². The van der Waals surface area contributed by atoms with Gasteiger partial charge in [0.1, 0.15) is 5.82 Å². The number of aromatic nitrogens is 1. The largest absolute Gasteiger partial charge is 0.359 e. The fraction of sp³-hybridized carbons (Fsp3) is 0.381. The van der Waals surface area contributed by atoms with Crippen LogP contribution < -0.4 is 5.32 Å². The Hall–Kier alpha value is -2.09. The van der Waals surface area contributed by atoms with Crippen LogP contribution in [-0.2, 0) is 0 Å². The molecule has 122 valence electrons. The third kappa shape index (κ3) is 4.95. The van der Waals surface area contributed by atoms with Crippen molar-refractivity contribution in [2.45, 2.75) is 52.5 Å². The van der Waals surface area contributed by atoms with Crippen molar-refractivity contribution in [1.29, 1.82) is 0 Å². The minimum Gasteiger partial charge on any atom is -0.359 e. The van der Waals surface area contributed by atoms with Crippen LogP contribution in [0.3, 0.4) is 0 Å². The molecule has 1 heterocycles. The first-order chi connectivity index (χ1) is 11.3. The third-order valence-electron chi connectivity index (χ3n) is 4.03. The molecule has 1 unspecified atom stereocenters. The van der Waals surface area contributed by atoms with E-state index in [1.165, 1.54) is 23.1 Å². The summed E-state index contributed by atoms with van der Waals surface area (Å²) >= 11 is 0. The lowest BCUT2D eigenvalue weighted by Gasteiger charge is -2.24. The van der Waals surface area contributed by atoms with E-state index >= 15 is 0 Å². The van der Waals surface area contributed by atoms with Crippen LogP contribution in [0, 0.1) is 6.92 Å². The molecule has 0 aliphatic heterocycles. The van der Waals surface area contributed by atoms with Gasteiger partial charge in [0.2, 0.25) is 0 Å². The summed E-state index contributed by atoms with van der Waals surface area (Å²) in [4.78, 5) is 4.53.